The maximum atomic E-state index is 12.3. The molecule has 3 rings (SSSR count). The number of aromatic nitrogens is 1. The van der Waals surface area contributed by atoms with Gasteiger partial charge in [-0.2, -0.15) is 5.10 Å². The molecule has 2 aromatic carbocycles. The maximum absolute atomic E-state index is 12.3. The van der Waals surface area contributed by atoms with Gasteiger partial charge < -0.3 is 14.6 Å². The number of amides is 2. The quantitative estimate of drug-likeness (QED) is 0.361. The molecule has 0 saturated carbocycles. The van der Waals surface area contributed by atoms with Crippen LogP contribution in [0.3, 0.4) is 0 Å². The summed E-state index contributed by atoms with van der Waals surface area (Å²) in [4.78, 5) is 24.4. The molecule has 0 unspecified atom stereocenters. The molecule has 32 heavy (non-hydrogen) atoms. The fourth-order valence-electron chi connectivity index (χ4n) is 3.66. The molecule has 1 aromatic heterocycles. The van der Waals surface area contributed by atoms with E-state index in [-0.39, 0.29) is 0 Å². The topological polar surface area (TPSA) is 84.7 Å². The van der Waals surface area contributed by atoms with Crippen LogP contribution in [0.15, 0.2) is 47.6 Å². The van der Waals surface area contributed by atoms with Crippen LogP contribution in [-0.4, -0.2) is 29.7 Å². The third-order valence-electron chi connectivity index (χ3n) is 5.24. The fraction of sp³-hybridized carbons (Fsp3) is 0.240. The minimum atomic E-state index is -0.868. The van der Waals surface area contributed by atoms with E-state index in [0.717, 1.165) is 28.2 Å². The first-order chi connectivity index (χ1) is 15.2. The van der Waals surface area contributed by atoms with Crippen LogP contribution in [0.25, 0.3) is 5.69 Å². The number of nitrogens with one attached hydrogen (secondary N) is 2. The zero-order valence-corrected chi connectivity index (χ0v) is 19.2. The Morgan fingerprint density at radius 1 is 0.938 bits per heavy atom. The van der Waals surface area contributed by atoms with Gasteiger partial charge in [-0.3, -0.25) is 9.59 Å². The smallest absolute Gasteiger partial charge is 0.329 e. The van der Waals surface area contributed by atoms with Crippen molar-refractivity contribution in [1.29, 1.82) is 0 Å². The van der Waals surface area contributed by atoms with E-state index in [9.17, 15) is 9.59 Å². The van der Waals surface area contributed by atoms with Crippen LogP contribution in [0, 0.1) is 34.6 Å². The molecule has 0 saturated heterocycles. The van der Waals surface area contributed by atoms with Crippen molar-refractivity contribution in [2.45, 2.75) is 34.6 Å². The molecule has 0 bridgehead atoms. The highest BCUT2D eigenvalue weighted by molar-refractivity contribution is 6.39. The molecule has 0 aliphatic rings. The Hall–Kier alpha value is -3.87. The van der Waals surface area contributed by atoms with Gasteiger partial charge in [0.1, 0.15) is 5.75 Å². The van der Waals surface area contributed by atoms with Gasteiger partial charge >= 0.3 is 11.8 Å². The van der Waals surface area contributed by atoms with Crippen molar-refractivity contribution >= 4 is 23.7 Å². The highest BCUT2D eigenvalue weighted by atomic mass is 16.5. The normalized spacial score (nSPS) is 10.9. The first kappa shape index (κ1) is 22.8. The van der Waals surface area contributed by atoms with Crippen molar-refractivity contribution in [2.75, 3.05) is 12.4 Å². The van der Waals surface area contributed by atoms with Crippen LogP contribution in [0.1, 0.15) is 33.6 Å². The summed E-state index contributed by atoms with van der Waals surface area (Å²) >= 11 is 0. The lowest BCUT2D eigenvalue weighted by Gasteiger charge is -2.13. The molecule has 0 aliphatic carbocycles. The van der Waals surface area contributed by atoms with Crippen LogP contribution in [0.5, 0.6) is 5.75 Å². The lowest BCUT2D eigenvalue weighted by molar-refractivity contribution is -0.136. The lowest BCUT2D eigenvalue weighted by atomic mass is 10.1. The number of carbonyl (C=O) groups excluding carboxylic acids is 2. The number of hydrogen-bond donors (Lipinski definition) is 2. The second-order valence-corrected chi connectivity index (χ2v) is 7.81. The predicted octanol–water partition coefficient (Wildman–Crippen LogP) is 4.12. The zero-order chi connectivity index (χ0) is 23.4. The molecule has 0 radical (unpaired) electrons. The van der Waals surface area contributed by atoms with Crippen LogP contribution in [0.2, 0.25) is 0 Å². The Kier molecular flexibility index (Phi) is 6.78. The molecule has 7 nitrogen and oxygen atoms in total. The van der Waals surface area contributed by atoms with Crippen molar-refractivity contribution in [2.24, 2.45) is 5.10 Å². The van der Waals surface area contributed by atoms with E-state index in [1.54, 1.807) is 18.3 Å². The standard InChI is InChI=1S/C25H28N4O3/c1-15-7-9-22(17(3)11-15)29-18(4)13-20(19(29)5)14-26-28-25(31)24(30)27-21-12-16(2)8-10-23(21)32-6/h7-14H,1-6H3,(H,27,30)(H,28,31)/b26-14-. The molecule has 7 heteroatoms. The van der Waals surface area contributed by atoms with Crippen LogP contribution in [-0.2, 0) is 9.59 Å². The largest absolute Gasteiger partial charge is 0.495 e. The summed E-state index contributed by atoms with van der Waals surface area (Å²) in [6.45, 7) is 10.0. The Balaban J connectivity index is 1.72. The minimum absolute atomic E-state index is 0.425. The van der Waals surface area contributed by atoms with Crippen molar-refractivity contribution < 1.29 is 14.3 Å². The number of nitrogens with zero attached hydrogens (tertiary/aromatic N) is 2. The van der Waals surface area contributed by atoms with Gasteiger partial charge in [-0.25, -0.2) is 5.43 Å². The average Bonchev–Trinajstić information content (AvgIpc) is 3.01. The Morgan fingerprint density at radius 3 is 2.31 bits per heavy atom. The van der Waals surface area contributed by atoms with Gasteiger partial charge in [0.15, 0.2) is 0 Å². The SMILES string of the molecule is COc1ccc(C)cc1NC(=O)C(=O)N/N=C\c1cc(C)n(-c2ccc(C)cc2C)c1C. The van der Waals surface area contributed by atoms with Gasteiger partial charge in [0, 0.05) is 22.6 Å². The number of aryl methyl sites for hydroxylation is 4. The van der Waals surface area contributed by atoms with Gasteiger partial charge in [-0.15, -0.1) is 0 Å². The van der Waals surface area contributed by atoms with E-state index < -0.39 is 11.8 Å². The first-order valence-corrected chi connectivity index (χ1v) is 10.3. The molecule has 0 fully saturated rings. The highest BCUT2D eigenvalue weighted by Gasteiger charge is 2.16. The van der Waals surface area contributed by atoms with Crippen molar-refractivity contribution in [3.05, 3.63) is 76.1 Å². The molecule has 1 heterocycles. The molecule has 2 N–H and O–H groups in total. The van der Waals surface area contributed by atoms with E-state index in [4.69, 9.17) is 4.74 Å². The predicted molar refractivity (Wildman–Crippen MR) is 127 cm³/mol. The summed E-state index contributed by atoms with van der Waals surface area (Å²) < 4.78 is 7.37. The molecule has 166 valence electrons. The lowest BCUT2D eigenvalue weighted by Crippen LogP contribution is -2.32. The van der Waals surface area contributed by atoms with Crippen molar-refractivity contribution in [3.63, 3.8) is 0 Å². The molecule has 0 spiro atoms. The average molecular weight is 433 g/mol. The number of rotatable bonds is 5. The highest BCUT2D eigenvalue weighted by Crippen LogP contribution is 2.25. The Morgan fingerprint density at radius 2 is 1.62 bits per heavy atom. The first-order valence-electron chi connectivity index (χ1n) is 10.3. The molecule has 0 aliphatic heterocycles. The van der Waals surface area contributed by atoms with Gasteiger partial charge in [-0.1, -0.05) is 23.8 Å². The minimum Gasteiger partial charge on any atom is -0.495 e. The van der Waals surface area contributed by atoms with Gasteiger partial charge in [0.05, 0.1) is 19.0 Å². The van der Waals surface area contributed by atoms with E-state index in [2.05, 4.69) is 52.5 Å². The van der Waals surface area contributed by atoms with Gasteiger partial charge in [-0.05, 0) is 70.0 Å². The number of ether oxygens (including phenoxy) is 1. The summed E-state index contributed by atoms with van der Waals surface area (Å²) in [7, 11) is 1.50. The number of methoxy groups -OCH3 is 1. The molecule has 2 amide bonds. The summed E-state index contributed by atoms with van der Waals surface area (Å²) in [5, 5.41) is 6.53. The Labute approximate surface area is 188 Å². The van der Waals surface area contributed by atoms with Crippen LogP contribution >= 0.6 is 0 Å². The zero-order valence-electron chi connectivity index (χ0n) is 19.2. The van der Waals surface area contributed by atoms with E-state index in [1.165, 1.54) is 18.2 Å². The second-order valence-electron chi connectivity index (χ2n) is 7.81. The van der Waals surface area contributed by atoms with Crippen LogP contribution < -0.4 is 15.5 Å². The maximum Gasteiger partial charge on any atom is 0.329 e. The van der Waals surface area contributed by atoms with Crippen LogP contribution in [0.4, 0.5) is 5.69 Å². The van der Waals surface area contributed by atoms with Gasteiger partial charge in [0.2, 0.25) is 0 Å². The summed E-state index contributed by atoms with van der Waals surface area (Å²) in [6.07, 6.45) is 1.54. The molecule has 3 aromatic rings. The monoisotopic (exact) mass is 432 g/mol. The van der Waals surface area contributed by atoms with E-state index in [1.807, 2.05) is 32.9 Å². The fourth-order valence-corrected chi connectivity index (χ4v) is 3.66. The molecular weight excluding hydrogens is 404 g/mol. The number of benzene rings is 2. The second kappa shape index (κ2) is 9.51. The van der Waals surface area contributed by atoms with Gasteiger partial charge in [0.25, 0.3) is 0 Å². The number of anilines is 1. The molecule has 0 atom stereocenters. The third-order valence-corrected chi connectivity index (χ3v) is 5.24. The number of hydrogen-bond acceptors (Lipinski definition) is 4. The summed E-state index contributed by atoms with van der Waals surface area (Å²) in [5.41, 5.74) is 10.0. The summed E-state index contributed by atoms with van der Waals surface area (Å²) in [5.74, 6) is -1.22. The Bertz CT molecular complexity index is 1210. The number of hydrazone groups is 1. The van der Waals surface area contributed by atoms with Crippen molar-refractivity contribution in [3.8, 4) is 11.4 Å². The third kappa shape index (κ3) is 4.88. The van der Waals surface area contributed by atoms with E-state index in [0.29, 0.717) is 11.4 Å². The molecular formula is C25H28N4O3. The van der Waals surface area contributed by atoms with E-state index >= 15 is 0 Å². The van der Waals surface area contributed by atoms with Crippen molar-refractivity contribution in [1.82, 2.24) is 9.99 Å². The number of carbonyl (C=O) groups is 2. The summed E-state index contributed by atoms with van der Waals surface area (Å²) in [6, 6.07) is 13.6.